The van der Waals surface area contributed by atoms with Gasteiger partial charge in [-0.15, -0.1) is 0 Å². The summed E-state index contributed by atoms with van der Waals surface area (Å²) in [4.78, 5) is 11.2. The molecular weight excluding hydrogens is 287 g/mol. The first-order chi connectivity index (χ1) is 9.85. The zero-order valence-electron chi connectivity index (χ0n) is 11.7. The van der Waals surface area contributed by atoms with Crippen molar-refractivity contribution in [1.82, 2.24) is 5.32 Å². The van der Waals surface area contributed by atoms with Gasteiger partial charge >= 0.3 is 6.18 Å². The second-order valence-corrected chi connectivity index (χ2v) is 4.09. The van der Waals surface area contributed by atoms with Crippen molar-refractivity contribution in [1.29, 1.82) is 0 Å². The Labute approximate surface area is 120 Å². The maximum Gasteiger partial charge on any atom is 0.405 e. The molecule has 0 aliphatic carbocycles. The Morgan fingerprint density at radius 2 is 2.05 bits per heavy atom. The van der Waals surface area contributed by atoms with Crippen molar-refractivity contribution in [3.8, 4) is 11.5 Å². The van der Waals surface area contributed by atoms with Gasteiger partial charge in [-0.1, -0.05) is 18.2 Å². The monoisotopic (exact) mass is 303 g/mol. The standard InChI is InChI=1S/C14H16F3NO3/c1-3-4-10-5-6-11(12(7-10)20-2)21-8-13(19)18-9-14(15,16)17/h3-7H,8-9H2,1-2H3,(H,18,19). The SMILES string of the molecule is CC=Cc1ccc(OCC(=O)NCC(F)(F)F)c(OC)c1. The van der Waals surface area contributed by atoms with Crippen LogP contribution in [0.2, 0.25) is 0 Å². The minimum Gasteiger partial charge on any atom is -0.493 e. The maximum absolute atomic E-state index is 11.9. The van der Waals surface area contributed by atoms with Crippen LogP contribution in [0.1, 0.15) is 12.5 Å². The Bertz CT molecular complexity index is 513. The van der Waals surface area contributed by atoms with E-state index >= 15 is 0 Å². The summed E-state index contributed by atoms with van der Waals surface area (Å²) in [6.07, 6.45) is -0.746. The highest BCUT2D eigenvalue weighted by atomic mass is 19.4. The summed E-state index contributed by atoms with van der Waals surface area (Å²) in [6, 6.07) is 5.03. The van der Waals surface area contributed by atoms with Gasteiger partial charge in [-0.2, -0.15) is 13.2 Å². The van der Waals surface area contributed by atoms with Gasteiger partial charge in [0.25, 0.3) is 5.91 Å². The van der Waals surface area contributed by atoms with Crippen molar-refractivity contribution in [3.05, 3.63) is 29.8 Å². The molecule has 1 N–H and O–H groups in total. The van der Waals surface area contributed by atoms with E-state index in [1.807, 2.05) is 19.1 Å². The van der Waals surface area contributed by atoms with Gasteiger partial charge in [0.2, 0.25) is 0 Å². The molecule has 0 fully saturated rings. The lowest BCUT2D eigenvalue weighted by atomic mass is 10.2. The number of alkyl halides is 3. The van der Waals surface area contributed by atoms with Crippen LogP contribution in [-0.2, 0) is 4.79 Å². The Kier molecular flexibility index (Phi) is 6.08. The van der Waals surface area contributed by atoms with Crippen molar-refractivity contribution in [2.75, 3.05) is 20.3 Å². The summed E-state index contributed by atoms with van der Waals surface area (Å²) in [5.74, 6) is -0.172. The van der Waals surface area contributed by atoms with E-state index in [1.54, 1.807) is 23.5 Å². The molecule has 0 spiro atoms. The fourth-order valence-corrected chi connectivity index (χ4v) is 1.49. The normalized spacial score (nSPS) is 11.5. The molecule has 0 aliphatic heterocycles. The van der Waals surface area contributed by atoms with Crippen LogP contribution >= 0.6 is 0 Å². The second kappa shape index (κ2) is 7.56. The third-order valence-corrected chi connectivity index (χ3v) is 2.39. The van der Waals surface area contributed by atoms with Crippen LogP contribution in [0.25, 0.3) is 6.08 Å². The van der Waals surface area contributed by atoms with Crippen LogP contribution in [0.15, 0.2) is 24.3 Å². The lowest BCUT2D eigenvalue weighted by Gasteiger charge is -2.12. The molecule has 7 heteroatoms. The average Bonchev–Trinajstić information content (AvgIpc) is 2.43. The number of carbonyl (C=O) groups is 1. The number of ether oxygens (including phenoxy) is 2. The zero-order chi connectivity index (χ0) is 15.9. The smallest absolute Gasteiger partial charge is 0.405 e. The Hall–Kier alpha value is -2.18. The minimum absolute atomic E-state index is 0.285. The fourth-order valence-electron chi connectivity index (χ4n) is 1.49. The Morgan fingerprint density at radius 1 is 1.33 bits per heavy atom. The third kappa shape index (κ3) is 6.20. The number of amides is 1. The number of methoxy groups -OCH3 is 1. The summed E-state index contributed by atoms with van der Waals surface area (Å²) >= 11 is 0. The van der Waals surface area contributed by atoms with Crippen molar-refractivity contribution in [2.24, 2.45) is 0 Å². The van der Waals surface area contributed by atoms with E-state index in [-0.39, 0.29) is 5.75 Å². The average molecular weight is 303 g/mol. The lowest BCUT2D eigenvalue weighted by Crippen LogP contribution is -2.36. The molecule has 0 aromatic heterocycles. The quantitative estimate of drug-likeness (QED) is 0.879. The largest absolute Gasteiger partial charge is 0.493 e. The molecule has 0 radical (unpaired) electrons. The van der Waals surface area contributed by atoms with Gasteiger partial charge in [0, 0.05) is 0 Å². The van der Waals surface area contributed by atoms with Gasteiger partial charge < -0.3 is 14.8 Å². The Morgan fingerprint density at radius 3 is 2.62 bits per heavy atom. The predicted octanol–water partition coefficient (Wildman–Crippen LogP) is 2.79. The van der Waals surface area contributed by atoms with Crippen LogP contribution in [0.3, 0.4) is 0 Å². The van der Waals surface area contributed by atoms with E-state index in [0.717, 1.165) is 5.56 Å². The number of carbonyl (C=O) groups excluding carboxylic acids is 1. The van der Waals surface area contributed by atoms with Crippen molar-refractivity contribution in [3.63, 3.8) is 0 Å². The molecule has 0 saturated carbocycles. The number of nitrogens with one attached hydrogen (secondary N) is 1. The molecule has 1 rings (SSSR count). The molecule has 0 atom stereocenters. The topological polar surface area (TPSA) is 47.6 Å². The van der Waals surface area contributed by atoms with E-state index in [2.05, 4.69) is 0 Å². The molecular formula is C14H16F3NO3. The van der Waals surface area contributed by atoms with Gasteiger partial charge in [0.05, 0.1) is 7.11 Å². The molecule has 1 amide bonds. The second-order valence-electron chi connectivity index (χ2n) is 4.09. The number of hydrogen-bond donors (Lipinski definition) is 1. The summed E-state index contributed by atoms with van der Waals surface area (Å²) in [5.41, 5.74) is 0.878. The molecule has 0 saturated heterocycles. The van der Waals surface area contributed by atoms with Gasteiger partial charge in [0.15, 0.2) is 18.1 Å². The van der Waals surface area contributed by atoms with E-state index in [9.17, 15) is 18.0 Å². The molecule has 116 valence electrons. The minimum atomic E-state index is -4.44. The Balaban J connectivity index is 2.60. The van der Waals surface area contributed by atoms with Crippen molar-refractivity contribution < 1.29 is 27.4 Å². The number of rotatable bonds is 6. The highest BCUT2D eigenvalue weighted by Crippen LogP contribution is 2.28. The number of benzene rings is 1. The van der Waals surface area contributed by atoms with Gasteiger partial charge in [-0.3, -0.25) is 4.79 Å². The number of allylic oxidation sites excluding steroid dienone is 1. The van der Waals surface area contributed by atoms with E-state index in [4.69, 9.17) is 9.47 Å². The predicted molar refractivity (Wildman–Crippen MR) is 72.3 cm³/mol. The summed E-state index contributed by atoms with van der Waals surface area (Å²) < 4.78 is 46.1. The van der Waals surface area contributed by atoms with E-state index in [0.29, 0.717) is 5.75 Å². The van der Waals surface area contributed by atoms with Gasteiger partial charge in [0.1, 0.15) is 6.54 Å². The fraction of sp³-hybridized carbons (Fsp3) is 0.357. The summed E-state index contributed by atoms with van der Waals surface area (Å²) in [6.45, 7) is -0.0379. The molecule has 0 heterocycles. The number of hydrogen-bond acceptors (Lipinski definition) is 3. The van der Waals surface area contributed by atoms with Gasteiger partial charge in [-0.05, 0) is 24.6 Å². The zero-order valence-corrected chi connectivity index (χ0v) is 11.7. The first-order valence-corrected chi connectivity index (χ1v) is 6.12. The first-order valence-electron chi connectivity index (χ1n) is 6.12. The van der Waals surface area contributed by atoms with Crippen LogP contribution in [0.4, 0.5) is 13.2 Å². The summed E-state index contributed by atoms with van der Waals surface area (Å²) in [7, 11) is 1.44. The van der Waals surface area contributed by atoms with Crippen LogP contribution in [0.5, 0.6) is 11.5 Å². The molecule has 1 aromatic carbocycles. The molecule has 1 aromatic rings. The van der Waals surface area contributed by atoms with Crippen LogP contribution in [0, 0.1) is 0 Å². The molecule has 21 heavy (non-hydrogen) atoms. The molecule has 0 aliphatic rings. The van der Waals surface area contributed by atoms with E-state index in [1.165, 1.54) is 7.11 Å². The summed E-state index contributed by atoms with van der Waals surface area (Å²) in [5, 5.41) is 1.72. The first kappa shape index (κ1) is 16.9. The third-order valence-electron chi connectivity index (χ3n) is 2.39. The number of halogens is 3. The van der Waals surface area contributed by atoms with E-state index < -0.39 is 25.2 Å². The van der Waals surface area contributed by atoms with Crippen molar-refractivity contribution >= 4 is 12.0 Å². The highest BCUT2D eigenvalue weighted by molar-refractivity contribution is 5.77. The lowest BCUT2D eigenvalue weighted by molar-refractivity contribution is -0.139. The van der Waals surface area contributed by atoms with Crippen LogP contribution < -0.4 is 14.8 Å². The van der Waals surface area contributed by atoms with Gasteiger partial charge in [-0.25, -0.2) is 0 Å². The molecule has 0 bridgehead atoms. The maximum atomic E-state index is 11.9. The molecule has 0 unspecified atom stereocenters. The van der Waals surface area contributed by atoms with Crippen molar-refractivity contribution in [2.45, 2.75) is 13.1 Å². The van der Waals surface area contributed by atoms with Crippen LogP contribution in [-0.4, -0.2) is 32.3 Å². The molecule has 4 nitrogen and oxygen atoms in total. The highest BCUT2D eigenvalue weighted by Gasteiger charge is 2.27.